The minimum Gasteiger partial charge on any atom is -0.388 e. The molecule has 1 aliphatic heterocycles. The Labute approximate surface area is 99.3 Å². The van der Waals surface area contributed by atoms with Gasteiger partial charge in [0.25, 0.3) is 0 Å². The highest BCUT2D eigenvalue weighted by Crippen LogP contribution is 2.28. The van der Waals surface area contributed by atoms with Crippen molar-refractivity contribution in [1.82, 2.24) is 0 Å². The Bertz CT molecular complexity index is 239. The first-order chi connectivity index (χ1) is 7.52. The Morgan fingerprint density at radius 3 is 2.50 bits per heavy atom. The number of ether oxygens (including phenoxy) is 1. The van der Waals surface area contributed by atoms with E-state index >= 15 is 0 Å². The molecule has 0 aromatic carbocycles. The molecular formula is C10H19NO4S. The van der Waals surface area contributed by atoms with Crippen molar-refractivity contribution in [3.8, 4) is 0 Å². The summed E-state index contributed by atoms with van der Waals surface area (Å²) in [6.45, 7) is 3.56. The van der Waals surface area contributed by atoms with Crippen molar-refractivity contribution in [2.75, 3.05) is 6.26 Å². The molecule has 0 aromatic heterocycles. The second-order valence-electron chi connectivity index (χ2n) is 3.86. The summed E-state index contributed by atoms with van der Waals surface area (Å²) in [6, 6.07) is -0.440. The van der Waals surface area contributed by atoms with Gasteiger partial charge in [-0.3, -0.25) is 0 Å². The molecule has 0 spiro atoms. The lowest BCUT2D eigenvalue weighted by Gasteiger charge is -2.42. The van der Waals surface area contributed by atoms with E-state index in [4.69, 9.17) is 10.5 Å². The van der Waals surface area contributed by atoms with Crippen LogP contribution in [0, 0.1) is 0 Å². The highest BCUT2D eigenvalue weighted by molar-refractivity contribution is 7.99. The zero-order valence-corrected chi connectivity index (χ0v) is 10.0. The van der Waals surface area contributed by atoms with Crippen LogP contribution in [0.4, 0.5) is 0 Å². The first-order valence-electron chi connectivity index (χ1n) is 5.11. The standard InChI is InChI=1S/C10H19NO4S/c1-3-4-5(11)9-7(13)6(12)8(14)10(15-9)16-2/h3,5-10,12-14H,1,4,11H2,2H3/t5-,6+,7-,8-,9-,10-/m1/s1. The van der Waals surface area contributed by atoms with Crippen molar-refractivity contribution < 1.29 is 20.1 Å². The zero-order chi connectivity index (χ0) is 12.3. The van der Waals surface area contributed by atoms with Crippen LogP contribution in [0.25, 0.3) is 0 Å². The molecule has 6 atom stereocenters. The van der Waals surface area contributed by atoms with Gasteiger partial charge in [0, 0.05) is 6.04 Å². The third-order valence-corrected chi connectivity index (χ3v) is 3.55. The maximum atomic E-state index is 9.76. The van der Waals surface area contributed by atoms with Crippen molar-refractivity contribution in [3.63, 3.8) is 0 Å². The van der Waals surface area contributed by atoms with E-state index in [2.05, 4.69) is 6.58 Å². The fourth-order valence-corrected chi connectivity index (χ4v) is 2.43. The van der Waals surface area contributed by atoms with E-state index in [-0.39, 0.29) is 0 Å². The summed E-state index contributed by atoms with van der Waals surface area (Å²) in [7, 11) is 0. The highest BCUT2D eigenvalue weighted by atomic mass is 32.2. The van der Waals surface area contributed by atoms with Crippen LogP contribution in [0.1, 0.15) is 6.42 Å². The van der Waals surface area contributed by atoms with Crippen LogP contribution in [0.2, 0.25) is 0 Å². The van der Waals surface area contributed by atoms with Gasteiger partial charge in [-0.2, -0.15) is 0 Å². The Kier molecular flexibility index (Phi) is 5.23. The van der Waals surface area contributed by atoms with E-state index in [0.717, 1.165) is 0 Å². The molecule has 0 amide bonds. The first kappa shape index (κ1) is 14.0. The lowest BCUT2D eigenvalue weighted by Crippen LogP contribution is -2.61. The molecule has 1 fully saturated rings. The van der Waals surface area contributed by atoms with Crippen molar-refractivity contribution in [3.05, 3.63) is 12.7 Å². The molecule has 1 saturated heterocycles. The number of aliphatic hydroxyl groups is 3. The van der Waals surface area contributed by atoms with Crippen molar-refractivity contribution in [1.29, 1.82) is 0 Å². The third kappa shape index (κ3) is 2.77. The van der Waals surface area contributed by atoms with Crippen molar-refractivity contribution in [2.45, 2.75) is 42.3 Å². The average molecular weight is 249 g/mol. The van der Waals surface area contributed by atoms with Gasteiger partial charge in [-0.1, -0.05) is 6.08 Å². The smallest absolute Gasteiger partial charge is 0.132 e. The lowest BCUT2D eigenvalue weighted by atomic mass is 9.94. The molecule has 1 rings (SSSR count). The molecule has 0 saturated carbocycles. The maximum Gasteiger partial charge on any atom is 0.132 e. The summed E-state index contributed by atoms with van der Waals surface area (Å²) >= 11 is 1.27. The summed E-state index contributed by atoms with van der Waals surface area (Å²) in [5, 5.41) is 29.0. The van der Waals surface area contributed by atoms with Gasteiger partial charge in [-0.05, 0) is 12.7 Å². The molecule has 94 valence electrons. The lowest BCUT2D eigenvalue weighted by molar-refractivity contribution is -0.202. The number of hydrogen-bond acceptors (Lipinski definition) is 6. The summed E-state index contributed by atoms with van der Waals surface area (Å²) < 4.78 is 5.48. The SMILES string of the molecule is C=CC[C@@H](N)[C@H]1O[C@H](SC)[C@H](O)[C@@H](O)[C@H]1O. The molecule has 5 nitrogen and oxygen atoms in total. The molecule has 0 unspecified atom stereocenters. The number of rotatable bonds is 4. The first-order valence-corrected chi connectivity index (χ1v) is 6.40. The molecule has 0 aliphatic carbocycles. The predicted octanol–water partition coefficient (Wildman–Crippen LogP) is -0.940. The molecule has 1 aliphatic rings. The van der Waals surface area contributed by atoms with Gasteiger partial charge in [-0.25, -0.2) is 0 Å². The Hall–Kier alpha value is -0.110. The maximum absolute atomic E-state index is 9.76. The second-order valence-corrected chi connectivity index (χ2v) is 4.80. The molecule has 0 aromatic rings. The van der Waals surface area contributed by atoms with Crippen LogP contribution in [-0.4, -0.2) is 57.5 Å². The van der Waals surface area contributed by atoms with Gasteiger partial charge in [-0.15, -0.1) is 18.3 Å². The largest absolute Gasteiger partial charge is 0.388 e. The second kappa shape index (κ2) is 6.00. The van der Waals surface area contributed by atoms with Gasteiger partial charge in [0.05, 0.1) is 0 Å². The van der Waals surface area contributed by atoms with Gasteiger partial charge < -0.3 is 25.8 Å². The number of aliphatic hydroxyl groups excluding tert-OH is 3. The Morgan fingerprint density at radius 1 is 1.38 bits per heavy atom. The fourth-order valence-electron chi connectivity index (χ4n) is 1.75. The van der Waals surface area contributed by atoms with Crippen LogP contribution in [0.5, 0.6) is 0 Å². The van der Waals surface area contributed by atoms with Gasteiger partial charge in [0.1, 0.15) is 29.9 Å². The monoisotopic (exact) mass is 249 g/mol. The van der Waals surface area contributed by atoms with Crippen LogP contribution < -0.4 is 5.73 Å². The van der Waals surface area contributed by atoms with Gasteiger partial charge in [0.2, 0.25) is 0 Å². The number of hydrogen-bond donors (Lipinski definition) is 4. The van der Waals surface area contributed by atoms with Crippen LogP contribution >= 0.6 is 11.8 Å². The molecule has 1 heterocycles. The predicted molar refractivity (Wildman–Crippen MR) is 63.0 cm³/mol. The van der Waals surface area contributed by atoms with E-state index in [9.17, 15) is 15.3 Å². The van der Waals surface area contributed by atoms with E-state index in [1.165, 1.54) is 11.8 Å². The zero-order valence-electron chi connectivity index (χ0n) is 9.19. The van der Waals surface area contributed by atoms with Crippen molar-refractivity contribution >= 4 is 11.8 Å². The Morgan fingerprint density at radius 2 is 2.00 bits per heavy atom. The fraction of sp³-hybridized carbons (Fsp3) is 0.800. The molecule has 5 N–H and O–H groups in total. The van der Waals surface area contributed by atoms with Crippen molar-refractivity contribution in [2.24, 2.45) is 5.73 Å². The summed E-state index contributed by atoms with van der Waals surface area (Å²) in [5.41, 5.74) is 5.25. The normalized spacial score (nSPS) is 41.7. The van der Waals surface area contributed by atoms with Crippen LogP contribution in [0.15, 0.2) is 12.7 Å². The molecule has 16 heavy (non-hydrogen) atoms. The van der Waals surface area contributed by atoms with E-state index in [1.807, 2.05) is 0 Å². The molecule has 6 heteroatoms. The van der Waals surface area contributed by atoms with Gasteiger partial charge >= 0.3 is 0 Å². The minimum absolute atomic E-state index is 0.440. The van der Waals surface area contributed by atoms with E-state index in [1.54, 1.807) is 12.3 Å². The topological polar surface area (TPSA) is 95.9 Å². The minimum atomic E-state index is -1.23. The van der Waals surface area contributed by atoms with Gasteiger partial charge in [0.15, 0.2) is 0 Å². The highest BCUT2D eigenvalue weighted by Gasteiger charge is 2.45. The summed E-state index contributed by atoms with van der Waals surface area (Å²) in [4.78, 5) is 0. The third-order valence-electron chi connectivity index (χ3n) is 2.70. The van der Waals surface area contributed by atoms with E-state index < -0.39 is 35.9 Å². The van der Waals surface area contributed by atoms with E-state index in [0.29, 0.717) is 6.42 Å². The molecule has 0 bridgehead atoms. The quantitative estimate of drug-likeness (QED) is 0.480. The summed E-state index contributed by atoms with van der Waals surface area (Å²) in [5.74, 6) is 0. The summed E-state index contributed by atoms with van der Waals surface area (Å²) in [6.07, 6.45) is -0.321. The Balaban J connectivity index is 2.73. The van der Waals surface area contributed by atoms with Crippen LogP contribution in [0.3, 0.4) is 0 Å². The number of thioether (sulfide) groups is 1. The number of nitrogens with two attached hydrogens (primary N) is 1. The molecule has 0 radical (unpaired) electrons. The average Bonchev–Trinajstić information content (AvgIpc) is 2.27. The molecular weight excluding hydrogens is 230 g/mol. The van der Waals surface area contributed by atoms with Crippen LogP contribution in [-0.2, 0) is 4.74 Å².